The second-order valence-corrected chi connectivity index (χ2v) is 14.4. The normalized spacial score (nSPS) is 14.9. The zero-order chi connectivity index (χ0) is 38.2. The van der Waals surface area contributed by atoms with Gasteiger partial charge in [-0.25, -0.2) is 4.79 Å². The van der Waals surface area contributed by atoms with Gasteiger partial charge in [0.25, 0.3) is 11.8 Å². The largest absolute Gasteiger partial charge is 0.508 e. The van der Waals surface area contributed by atoms with E-state index in [2.05, 4.69) is 25.1 Å². The molecule has 276 valence electrons. The molecule has 1 aromatic heterocycles. The number of amides is 3. The van der Waals surface area contributed by atoms with Crippen molar-refractivity contribution in [3.63, 3.8) is 0 Å². The molecule has 0 radical (unpaired) electrons. The van der Waals surface area contributed by atoms with E-state index >= 15 is 0 Å². The van der Waals surface area contributed by atoms with Crippen molar-refractivity contribution in [1.29, 1.82) is 0 Å². The lowest BCUT2D eigenvalue weighted by atomic mass is 9.90. The zero-order valence-corrected chi connectivity index (χ0v) is 31.1. The van der Waals surface area contributed by atoms with Crippen LogP contribution in [0.25, 0.3) is 11.3 Å². The first-order valence-corrected chi connectivity index (χ1v) is 18.6. The Morgan fingerprint density at radius 3 is 2.11 bits per heavy atom. The van der Waals surface area contributed by atoms with Gasteiger partial charge in [0, 0.05) is 66.6 Å². The van der Waals surface area contributed by atoms with Crippen LogP contribution in [0, 0.1) is 6.92 Å². The molecule has 9 heteroatoms. The average Bonchev–Trinajstić information content (AvgIpc) is 3.51. The lowest BCUT2D eigenvalue weighted by Crippen LogP contribution is -2.43. The fourth-order valence-corrected chi connectivity index (χ4v) is 7.77. The van der Waals surface area contributed by atoms with Gasteiger partial charge in [-0.1, -0.05) is 60.7 Å². The van der Waals surface area contributed by atoms with E-state index < -0.39 is 6.09 Å². The van der Waals surface area contributed by atoms with E-state index in [1.807, 2.05) is 96.2 Å². The van der Waals surface area contributed by atoms with E-state index in [0.717, 1.165) is 40.1 Å². The van der Waals surface area contributed by atoms with Gasteiger partial charge < -0.3 is 24.2 Å². The molecule has 2 aliphatic heterocycles. The number of fused-ring (bicyclic) bond motifs is 2. The number of hydrogen-bond donors (Lipinski definition) is 1. The Morgan fingerprint density at radius 2 is 1.38 bits per heavy atom. The second kappa shape index (κ2) is 14.7. The van der Waals surface area contributed by atoms with Gasteiger partial charge in [-0.05, 0) is 116 Å². The minimum atomic E-state index is -0.437. The highest BCUT2D eigenvalue weighted by Crippen LogP contribution is 2.37. The number of anilines is 2. The Bertz CT molecular complexity index is 2410. The van der Waals surface area contributed by atoms with Crippen molar-refractivity contribution in [3.05, 3.63) is 166 Å². The van der Waals surface area contributed by atoms with E-state index in [1.165, 1.54) is 5.56 Å². The fraction of sp³-hybridized carbons (Fsp3) is 0.196. The third kappa shape index (κ3) is 6.85. The first-order chi connectivity index (χ1) is 26.7. The van der Waals surface area contributed by atoms with Gasteiger partial charge in [0.05, 0.1) is 5.56 Å². The van der Waals surface area contributed by atoms with Crippen LogP contribution in [0.1, 0.15) is 55.6 Å². The molecule has 9 nitrogen and oxygen atoms in total. The first-order valence-electron chi connectivity index (χ1n) is 18.6. The van der Waals surface area contributed by atoms with E-state index in [4.69, 9.17) is 4.74 Å². The molecule has 1 atom stereocenters. The van der Waals surface area contributed by atoms with Gasteiger partial charge in [0.15, 0.2) is 0 Å². The first kappa shape index (κ1) is 35.4. The standard InChI is InChI=1S/C46H42N4O5/c1-30-24-32-12-10-11-13-34(32)29-49(30)44(52)42-26-35-28-48(46(54)55-39-16-8-5-9-17-39)23-22-33(35)25-41(42)43-27-40(31(2)47(43)3)45(53)50(36-14-6-4-7-15-36)37-18-20-38(51)21-19-37/h4-21,25-27,30,51H,22-24,28-29H2,1-3H3/t30-/m1/s1. The van der Waals surface area contributed by atoms with Crippen LogP contribution in [0.5, 0.6) is 11.5 Å². The Hall–Kier alpha value is -6.61. The van der Waals surface area contributed by atoms with Crippen molar-refractivity contribution in [2.45, 2.75) is 45.8 Å². The molecule has 55 heavy (non-hydrogen) atoms. The Kier molecular flexibility index (Phi) is 9.45. The number of para-hydroxylation sites is 2. The number of phenolic OH excluding ortho intramolecular Hbond substituents is 1. The summed E-state index contributed by atoms with van der Waals surface area (Å²) in [5, 5.41) is 10.0. The third-order valence-electron chi connectivity index (χ3n) is 10.9. The van der Waals surface area contributed by atoms with Crippen LogP contribution in [0.4, 0.5) is 16.2 Å². The monoisotopic (exact) mass is 730 g/mol. The molecule has 2 aliphatic rings. The van der Waals surface area contributed by atoms with Crippen molar-refractivity contribution < 1.29 is 24.2 Å². The number of carbonyl (C=O) groups is 3. The van der Waals surface area contributed by atoms with Crippen molar-refractivity contribution in [2.24, 2.45) is 7.05 Å². The maximum Gasteiger partial charge on any atom is 0.415 e. The van der Waals surface area contributed by atoms with Crippen molar-refractivity contribution >= 4 is 29.3 Å². The molecular weight excluding hydrogens is 689 g/mol. The van der Waals surface area contributed by atoms with Gasteiger partial charge in [-0.2, -0.15) is 0 Å². The average molecular weight is 731 g/mol. The van der Waals surface area contributed by atoms with Gasteiger partial charge >= 0.3 is 6.09 Å². The van der Waals surface area contributed by atoms with Crippen molar-refractivity contribution in [3.8, 4) is 22.8 Å². The third-order valence-corrected chi connectivity index (χ3v) is 10.9. The van der Waals surface area contributed by atoms with Gasteiger partial charge in [-0.15, -0.1) is 0 Å². The topological polar surface area (TPSA) is 95.3 Å². The number of carbonyl (C=O) groups excluding carboxylic acids is 3. The predicted molar refractivity (Wildman–Crippen MR) is 213 cm³/mol. The summed E-state index contributed by atoms with van der Waals surface area (Å²) in [6, 6.07) is 39.1. The molecule has 0 unspecified atom stereocenters. The van der Waals surface area contributed by atoms with Crippen LogP contribution < -0.4 is 9.64 Å². The summed E-state index contributed by atoms with van der Waals surface area (Å²) in [5.74, 6) is 0.237. The van der Waals surface area contributed by atoms with Crippen LogP contribution in [-0.4, -0.2) is 50.0 Å². The van der Waals surface area contributed by atoms with Gasteiger partial charge in [0.1, 0.15) is 11.5 Å². The highest BCUT2D eigenvalue weighted by atomic mass is 16.6. The molecule has 3 heterocycles. The second-order valence-electron chi connectivity index (χ2n) is 14.4. The number of hydrogen-bond acceptors (Lipinski definition) is 5. The van der Waals surface area contributed by atoms with E-state index in [9.17, 15) is 19.5 Å². The molecule has 8 rings (SSSR count). The molecule has 0 bridgehead atoms. The van der Waals surface area contributed by atoms with Crippen LogP contribution in [0.3, 0.4) is 0 Å². The van der Waals surface area contributed by atoms with Gasteiger partial charge in [-0.3, -0.25) is 14.5 Å². The Labute approximate surface area is 320 Å². The minimum absolute atomic E-state index is 0.0411. The summed E-state index contributed by atoms with van der Waals surface area (Å²) in [5.41, 5.74) is 8.80. The summed E-state index contributed by atoms with van der Waals surface area (Å²) in [4.78, 5) is 48.1. The van der Waals surface area contributed by atoms with Crippen LogP contribution in [-0.2, 0) is 33.0 Å². The highest BCUT2D eigenvalue weighted by Gasteiger charge is 2.33. The van der Waals surface area contributed by atoms with Crippen molar-refractivity contribution in [2.75, 3.05) is 11.4 Å². The number of aromatic nitrogens is 1. The molecule has 3 amide bonds. The zero-order valence-electron chi connectivity index (χ0n) is 31.1. The number of ether oxygens (including phenoxy) is 1. The quantitative estimate of drug-likeness (QED) is 0.185. The molecule has 6 aromatic rings. The minimum Gasteiger partial charge on any atom is -0.508 e. The Morgan fingerprint density at radius 1 is 0.727 bits per heavy atom. The molecule has 5 aromatic carbocycles. The lowest BCUT2D eigenvalue weighted by Gasteiger charge is -2.36. The number of rotatable bonds is 6. The maximum atomic E-state index is 14.9. The van der Waals surface area contributed by atoms with Crippen LogP contribution in [0.15, 0.2) is 127 Å². The molecule has 0 fully saturated rings. The van der Waals surface area contributed by atoms with Crippen molar-refractivity contribution in [1.82, 2.24) is 14.4 Å². The summed E-state index contributed by atoms with van der Waals surface area (Å²) < 4.78 is 7.66. The number of benzene rings is 5. The van der Waals surface area contributed by atoms with E-state index in [1.54, 1.807) is 46.2 Å². The molecule has 0 saturated heterocycles. The number of aromatic hydroxyl groups is 1. The smallest absolute Gasteiger partial charge is 0.415 e. The lowest BCUT2D eigenvalue weighted by molar-refractivity contribution is 0.0658. The SMILES string of the molecule is Cc1c(C(=O)N(c2ccccc2)c2ccc(O)cc2)cc(-c2cc3c(cc2C(=O)N2Cc4ccccc4C[C@H]2C)CN(C(=O)Oc2ccccc2)CC3)n1C. The van der Waals surface area contributed by atoms with E-state index in [-0.39, 0.29) is 23.6 Å². The molecule has 0 saturated carbocycles. The fourth-order valence-electron chi connectivity index (χ4n) is 7.77. The summed E-state index contributed by atoms with van der Waals surface area (Å²) in [6.45, 7) is 5.24. The summed E-state index contributed by atoms with van der Waals surface area (Å²) in [7, 11) is 1.92. The van der Waals surface area contributed by atoms with Crippen LogP contribution in [0.2, 0.25) is 0 Å². The maximum absolute atomic E-state index is 14.9. The molecule has 1 N–H and O–H groups in total. The number of nitrogens with zero attached hydrogens (tertiary/aromatic N) is 4. The predicted octanol–water partition coefficient (Wildman–Crippen LogP) is 8.83. The highest BCUT2D eigenvalue weighted by molar-refractivity contribution is 6.12. The molecule has 0 aliphatic carbocycles. The Balaban J connectivity index is 1.20. The summed E-state index contributed by atoms with van der Waals surface area (Å²) in [6.07, 6.45) is 0.884. The van der Waals surface area contributed by atoms with Gasteiger partial charge in [0.2, 0.25) is 0 Å². The van der Waals surface area contributed by atoms with Crippen LogP contribution >= 0.6 is 0 Å². The molecular formula is C46H42N4O5. The number of phenols is 1. The summed E-state index contributed by atoms with van der Waals surface area (Å²) >= 11 is 0. The molecule has 0 spiro atoms. The van der Waals surface area contributed by atoms with E-state index in [0.29, 0.717) is 54.3 Å².